The van der Waals surface area contributed by atoms with Crippen molar-refractivity contribution >= 4 is 47.8 Å². The van der Waals surface area contributed by atoms with Gasteiger partial charge in [0.15, 0.2) is 30.0 Å². The molecule has 3 aromatic rings. The fourth-order valence-corrected chi connectivity index (χ4v) is 10.3. The third-order valence-electron chi connectivity index (χ3n) is 13.2. The van der Waals surface area contributed by atoms with Gasteiger partial charge < -0.3 is 47.7 Å². The average molecular weight is 931 g/mol. The Morgan fingerprint density at radius 2 is 1.33 bits per heavy atom. The summed E-state index contributed by atoms with van der Waals surface area (Å²) in [6.45, 7) is 7.58. The Morgan fingerprint density at radius 3 is 1.94 bits per heavy atom. The normalized spacial score (nSPS) is 34.1. The van der Waals surface area contributed by atoms with E-state index >= 15 is 0 Å². The minimum Gasteiger partial charge on any atom is -0.465 e. The number of esters is 8. The maximum Gasteiger partial charge on any atom is 0.340 e. The topological polar surface area (TPSA) is 266 Å². The van der Waals surface area contributed by atoms with E-state index < -0.39 is 138 Å². The van der Waals surface area contributed by atoms with Gasteiger partial charge in [-0.1, -0.05) is 32.0 Å². The summed E-state index contributed by atoms with van der Waals surface area (Å²) in [5.74, 6) is -12.2. The zero-order chi connectivity index (χ0) is 48.8. The summed E-state index contributed by atoms with van der Waals surface area (Å²) in [5, 5.41) is 13.9. The number of rotatable bonds is 9. The summed E-state index contributed by atoms with van der Waals surface area (Å²) in [4.78, 5) is 120. The Morgan fingerprint density at radius 1 is 0.716 bits per heavy atom. The van der Waals surface area contributed by atoms with E-state index in [0.717, 1.165) is 40.8 Å². The maximum atomic E-state index is 14.8. The number of nitrogens with zero attached hydrogens (tertiary/aromatic N) is 2. The smallest absolute Gasteiger partial charge is 0.340 e. The second-order valence-corrected chi connectivity index (χ2v) is 17.5. The van der Waals surface area contributed by atoms with Crippen LogP contribution in [0.15, 0.2) is 73.2 Å². The van der Waals surface area contributed by atoms with Crippen molar-refractivity contribution in [2.24, 2.45) is 17.3 Å². The number of hydrogen-bond acceptors (Lipinski definition) is 20. The highest BCUT2D eigenvalue weighted by Gasteiger charge is 2.92. The summed E-state index contributed by atoms with van der Waals surface area (Å²) >= 11 is 0. The fourth-order valence-electron chi connectivity index (χ4n) is 10.3. The van der Waals surface area contributed by atoms with Gasteiger partial charge in [-0.05, 0) is 50.2 Å². The van der Waals surface area contributed by atoms with Crippen LogP contribution >= 0.6 is 0 Å². The van der Waals surface area contributed by atoms with Crippen LogP contribution in [0, 0.1) is 17.3 Å². The lowest BCUT2D eigenvalue weighted by Crippen LogP contribution is -2.89. The number of pyridine rings is 2. The number of fused-ring (bicyclic) bond motifs is 5. The SMILES string of the molecule is CC(=O)OC[C@]12[C@H](OC(C)=O)[C@H](OC(C)=O)[C@H]3[C@@H](OC(=O)c4ccccc4)[C@@]14O[C@@]3(C)COC(=O)c1cccnc1[C@H](C)[C@@H](C)C(=O)O[C@@H]([C@H](OC(=O)c1cccnc1)[C@@H]2OC(C)=O)[C@]4(C)O. The van der Waals surface area contributed by atoms with Crippen LogP contribution in [0.25, 0.3) is 0 Å². The van der Waals surface area contributed by atoms with Crippen LogP contribution in [-0.4, -0.2) is 129 Å². The molecule has 4 aliphatic rings. The molecule has 4 bridgehead atoms. The first-order valence-corrected chi connectivity index (χ1v) is 21.4. The van der Waals surface area contributed by atoms with Crippen molar-refractivity contribution in [2.45, 2.75) is 115 Å². The van der Waals surface area contributed by atoms with E-state index in [-0.39, 0.29) is 22.4 Å². The summed E-state index contributed by atoms with van der Waals surface area (Å²) in [6, 6.07) is 13.2. The first-order valence-electron chi connectivity index (χ1n) is 21.4. The molecular weight excluding hydrogens is 881 g/mol. The molecule has 0 radical (unpaired) electrons. The van der Waals surface area contributed by atoms with E-state index in [2.05, 4.69) is 9.97 Å². The second kappa shape index (κ2) is 18.1. The molecule has 1 N–H and O–H groups in total. The molecular formula is C47H50N2O18. The van der Waals surface area contributed by atoms with Crippen molar-refractivity contribution in [2.75, 3.05) is 13.2 Å². The molecule has 2 aromatic heterocycles. The van der Waals surface area contributed by atoms with Gasteiger partial charge in [0.2, 0.25) is 0 Å². The third-order valence-corrected chi connectivity index (χ3v) is 13.2. The molecule has 1 saturated heterocycles. The number of aliphatic hydroxyl groups is 1. The standard InChI is InChI=1S/C47H50N2O18/c1-23-24(2)40(54)66-37-35(64-42(56)30-16-12-18-48-20-30)39(63-28(6)53)46(22-59-25(3)50)38(62-27(5)52)34(61-26(4)51)32-36(65-41(55)29-14-10-9-11-15-29)47(46,45(37,8)58)67-44(32,7)21-60-43(57)31-17-13-19-49-33(23)31/h9-20,23-24,32,34-39,58H,21-22H2,1-8H3/t23-,24-,32+,34-,35+,36-,37+,38-,39+,44+,45+,46-,47+/m1/s1. The van der Waals surface area contributed by atoms with Crippen molar-refractivity contribution in [3.05, 3.63) is 95.6 Å². The molecule has 2 aliphatic carbocycles. The Labute approximate surface area is 383 Å². The van der Waals surface area contributed by atoms with Crippen LogP contribution in [0.5, 0.6) is 0 Å². The van der Waals surface area contributed by atoms with Crippen LogP contribution in [0.1, 0.15) is 98.1 Å². The van der Waals surface area contributed by atoms with E-state index in [4.69, 9.17) is 42.6 Å². The van der Waals surface area contributed by atoms with Gasteiger partial charge in [-0.25, -0.2) is 14.4 Å². The van der Waals surface area contributed by atoms with Crippen LogP contribution in [-0.2, 0) is 66.6 Å². The fraction of sp³-hybridized carbons (Fsp3) is 0.489. The molecule has 1 aromatic carbocycles. The number of benzene rings is 1. The molecule has 0 amide bonds. The predicted octanol–water partition coefficient (Wildman–Crippen LogP) is 3.02. The Balaban J connectivity index is 1.64. The summed E-state index contributed by atoms with van der Waals surface area (Å²) in [7, 11) is 0. The molecule has 0 unspecified atom stereocenters. The van der Waals surface area contributed by atoms with Gasteiger partial charge >= 0.3 is 47.8 Å². The van der Waals surface area contributed by atoms with Crippen LogP contribution < -0.4 is 0 Å². The van der Waals surface area contributed by atoms with Gasteiger partial charge in [0.1, 0.15) is 42.0 Å². The van der Waals surface area contributed by atoms with Crippen molar-refractivity contribution in [1.29, 1.82) is 0 Å². The molecule has 356 valence electrons. The number of carbonyl (C=O) groups excluding carboxylic acids is 8. The molecule has 2 aliphatic heterocycles. The molecule has 4 heterocycles. The van der Waals surface area contributed by atoms with Gasteiger partial charge in [-0.3, -0.25) is 33.9 Å². The zero-order valence-corrected chi connectivity index (χ0v) is 37.8. The van der Waals surface area contributed by atoms with Crippen molar-refractivity contribution in [3.8, 4) is 0 Å². The lowest BCUT2D eigenvalue weighted by atomic mass is 9.45. The minimum atomic E-state index is -2.94. The van der Waals surface area contributed by atoms with Crippen molar-refractivity contribution < 1.29 is 86.1 Å². The molecule has 20 heteroatoms. The third kappa shape index (κ3) is 8.15. The summed E-state index contributed by atoms with van der Waals surface area (Å²) in [6.07, 6.45) is -8.69. The number of carbonyl (C=O) groups is 8. The molecule has 20 nitrogen and oxygen atoms in total. The largest absolute Gasteiger partial charge is 0.465 e. The highest BCUT2D eigenvalue weighted by atomic mass is 16.7. The number of cyclic esters (lactones) is 1. The van der Waals surface area contributed by atoms with Crippen LogP contribution in [0.2, 0.25) is 0 Å². The van der Waals surface area contributed by atoms with E-state index in [1.165, 1.54) is 74.8 Å². The Hall–Kier alpha value is -6.80. The van der Waals surface area contributed by atoms with Gasteiger partial charge in [0, 0.05) is 52.2 Å². The average Bonchev–Trinajstić information content (AvgIpc) is 3.51. The molecule has 2 saturated carbocycles. The van der Waals surface area contributed by atoms with E-state index in [9.17, 15) is 43.5 Å². The van der Waals surface area contributed by atoms with Gasteiger partial charge in [0.05, 0.1) is 34.2 Å². The lowest BCUT2D eigenvalue weighted by Gasteiger charge is -2.67. The highest BCUT2D eigenvalue weighted by molar-refractivity contribution is 5.92. The van der Waals surface area contributed by atoms with Crippen LogP contribution in [0.4, 0.5) is 0 Å². The molecule has 3 fully saturated rings. The van der Waals surface area contributed by atoms with Gasteiger partial charge in [0.25, 0.3) is 0 Å². The first-order chi connectivity index (χ1) is 31.6. The van der Waals surface area contributed by atoms with Gasteiger partial charge in [-0.15, -0.1) is 0 Å². The maximum absolute atomic E-state index is 14.8. The van der Waals surface area contributed by atoms with Crippen molar-refractivity contribution in [1.82, 2.24) is 9.97 Å². The number of ether oxygens (including phenoxy) is 9. The Bertz CT molecular complexity index is 2460. The molecule has 1 spiro atoms. The first kappa shape index (κ1) is 48.1. The molecule has 13 atom stereocenters. The Kier molecular flexibility index (Phi) is 13.0. The monoisotopic (exact) mass is 930 g/mol. The van der Waals surface area contributed by atoms with Crippen LogP contribution in [0.3, 0.4) is 0 Å². The van der Waals surface area contributed by atoms with E-state index in [1.807, 2.05) is 0 Å². The van der Waals surface area contributed by atoms with E-state index in [1.54, 1.807) is 13.0 Å². The minimum absolute atomic E-state index is 0.0424. The quantitative estimate of drug-likeness (QED) is 0.239. The molecule has 67 heavy (non-hydrogen) atoms. The second-order valence-electron chi connectivity index (χ2n) is 17.5. The number of aromatic nitrogens is 2. The highest BCUT2D eigenvalue weighted by Crippen LogP contribution is 2.70. The lowest BCUT2D eigenvalue weighted by molar-refractivity contribution is -0.385. The summed E-state index contributed by atoms with van der Waals surface area (Å²) < 4.78 is 56.4. The predicted molar refractivity (Wildman–Crippen MR) is 223 cm³/mol. The van der Waals surface area contributed by atoms with E-state index in [0.29, 0.717) is 0 Å². The van der Waals surface area contributed by atoms with Crippen molar-refractivity contribution in [3.63, 3.8) is 0 Å². The van der Waals surface area contributed by atoms with Gasteiger partial charge in [-0.2, -0.15) is 0 Å². The zero-order valence-electron chi connectivity index (χ0n) is 37.8. The number of hydrogen-bond donors (Lipinski definition) is 1. The summed E-state index contributed by atoms with van der Waals surface area (Å²) in [5.41, 5.74) is -10.8. The molecule has 7 rings (SSSR count).